The first-order valence-electron chi connectivity index (χ1n) is 11.2. The molecule has 0 saturated carbocycles. The van der Waals surface area contributed by atoms with E-state index in [9.17, 15) is 4.79 Å². The molecule has 2 N–H and O–H groups in total. The van der Waals surface area contributed by atoms with Gasteiger partial charge in [-0.2, -0.15) is 0 Å². The third-order valence-electron chi connectivity index (χ3n) is 6.18. The molecule has 7 heteroatoms. The number of ether oxygens (including phenoxy) is 1. The Hall–Kier alpha value is -3.45. The average Bonchev–Trinajstić information content (AvgIpc) is 3.27. The first-order valence-corrected chi connectivity index (χ1v) is 11.2. The molecule has 0 bridgehead atoms. The number of likely N-dealkylation sites (tertiary alicyclic amines) is 1. The Morgan fingerprint density at radius 3 is 2.64 bits per heavy atom. The predicted molar refractivity (Wildman–Crippen MR) is 130 cm³/mol. The van der Waals surface area contributed by atoms with E-state index in [1.165, 1.54) is 11.1 Å². The van der Waals surface area contributed by atoms with Crippen LogP contribution >= 0.6 is 0 Å². The molecule has 0 unspecified atom stereocenters. The lowest BCUT2D eigenvalue weighted by Crippen LogP contribution is -2.25. The van der Waals surface area contributed by atoms with Crippen LogP contribution in [0.1, 0.15) is 46.1 Å². The van der Waals surface area contributed by atoms with Gasteiger partial charge in [-0.3, -0.25) is 9.69 Å². The second-order valence-corrected chi connectivity index (χ2v) is 8.75. The molecule has 172 valence electrons. The fourth-order valence-corrected chi connectivity index (χ4v) is 4.42. The molecule has 1 saturated heterocycles. The van der Waals surface area contributed by atoms with Crippen molar-refractivity contribution in [3.05, 3.63) is 71.0 Å². The number of benzene rings is 2. The zero-order valence-electron chi connectivity index (χ0n) is 19.7. The number of methoxy groups -OCH3 is 1. The third-order valence-corrected chi connectivity index (χ3v) is 6.18. The molecule has 0 aliphatic carbocycles. The van der Waals surface area contributed by atoms with Crippen molar-refractivity contribution in [3.8, 4) is 16.9 Å². The van der Waals surface area contributed by atoms with Crippen LogP contribution in [0.2, 0.25) is 0 Å². The highest BCUT2D eigenvalue weighted by Crippen LogP contribution is 2.38. The maximum Gasteiger partial charge on any atom is 0.248 e. The van der Waals surface area contributed by atoms with Crippen molar-refractivity contribution in [2.75, 3.05) is 32.6 Å². The number of nitrogens with two attached hydrogens (primary N) is 1. The van der Waals surface area contributed by atoms with E-state index in [-0.39, 0.29) is 6.04 Å². The summed E-state index contributed by atoms with van der Waals surface area (Å²) in [6.45, 7) is 3.85. The number of rotatable bonds is 7. The van der Waals surface area contributed by atoms with E-state index in [0.717, 1.165) is 48.5 Å². The quantitative estimate of drug-likeness (QED) is 0.593. The van der Waals surface area contributed by atoms with Crippen molar-refractivity contribution < 1.29 is 9.53 Å². The minimum atomic E-state index is -0.435. The molecular weight excluding hydrogens is 414 g/mol. The van der Waals surface area contributed by atoms with Crippen LogP contribution in [0, 0.1) is 6.92 Å². The maximum atomic E-state index is 11.5. The van der Waals surface area contributed by atoms with Gasteiger partial charge in [0, 0.05) is 43.5 Å². The van der Waals surface area contributed by atoms with Gasteiger partial charge >= 0.3 is 0 Å². The fourth-order valence-electron chi connectivity index (χ4n) is 4.42. The van der Waals surface area contributed by atoms with Crippen LogP contribution in [0.3, 0.4) is 0 Å². The molecule has 0 radical (unpaired) electrons. The van der Waals surface area contributed by atoms with E-state index < -0.39 is 5.91 Å². The molecule has 1 atom stereocenters. The standard InChI is InChI=1S/C26H31N5O2/c1-17-7-8-20(23(14-17)33-4)16-31-13-5-6-22(31)24-21(15-28-26(29-24)30(2)3)18-9-11-19(12-10-18)25(27)32/h7-12,14-15,22H,5-6,13,16H2,1-4H3,(H2,27,32)/t22-/m1/s1. The van der Waals surface area contributed by atoms with Gasteiger partial charge in [0.1, 0.15) is 5.75 Å². The Bertz CT molecular complexity index is 1140. The van der Waals surface area contributed by atoms with Crippen LogP contribution in [0.15, 0.2) is 48.7 Å². The average molecular weight is 446 g/mol. The molecule has 0 spiro atoms. The van der Waals surface area contributed by atoms with E-state index in [4.69, 9.17) is 15.5 Å². The van der Waals surface area contributed by atoms with Gasteiger partial charge in [0.05, 0.1) is 18.8 Å². The Morgan fingerprint density at radius 2 is 1.97 bits per heavy atom. The number of aromatic nitrogens is 2. The minimum absolute atomic E-state index is 0.156. The Morgan fingerprint density at radius 1 is 1.21 bits per heavy atom. The summed E-state index contributed by atoms with van der Waals surface area (Å²) in [5.74, 6) is 1.16. The first kappa shape index (κ1) is 22.7. The summed E-state index contributed by atoms with van der Waals surface area (Å²) in [5, 5.41) is 0. The van der Waals surface area contributed by atoms with E-state index in [1.807, 2.05) is 37.3 Å². The van der Waals surface area contributed by atoms with E-state index in [0.29, 0.717) is 11.5 Å². The van der Waals surface area contributed by atoms with E-state index in [2.05, 4.69) is 35.0 Å². The second kappa shape index (κ2) is 9.58. The molecule has 1 amide bonds. The molecule has 1 aromatic heterocycles. The molecular formula is C26H31N5O2. The van der Waals surface area contributed by atoms with Crippen molar-refractivity contribution in [2.24, 2.45) is 5.73 Å². The highest BCUT2D eigenvalue weighted by atomic mass is 16.5. The van der Waals surface area contributed by atoms with Crippen molar-refractivity contribution in [1.29, 1.82) is 0 Å². The van der Waals surface area contributed by atoms with Crippen molar-refractivity contribution in [2.45, 2.75) is 32.4 Å². The number of hydrogen-bond acceptors (Lipinski definition) is 6. The highest BCUT2D eigenvalue weighted by Gasteiger charge is 2.31. The Kier molecular flexibility index (Phi) is 6.60. The smallest absolute Gasteiger partial charge is 0.248 e. The number of carbonyl (C=O) groups is 1. The molecule has 1 fully saturated rings. The highest BCUT2D eigenvalue weighted by molar-refractivity contribution is 5.93. The summed E-state index contributed by atoms with van der Waals surface area (Å²) >= 11 is 0. The van der Waals surface area contributed by atoms with Crippen molar-refractivity contribution in [3.63, 3.8) is 0 Å². The number of hydrogen-bond donors (Lipinski definition) is 1. The largest absolute Gasteiger partial charge is 0.496 e. The molecule has 3 aromatic rings. The number of carbonyl (C=O) groups excluding carboxylic acids is 1. The lowest BCUT2D eigenvalue weighted by atomic mass is 9.98. The SMILES string of the molecule is COc1cc(C)ccc1CN1CCC[C@@H]1c1nc(N(C)C)ncc1-c1ccc(C(N)=O)cc1. The first-order chi connectivity index (χ1) is 15.9. The number of anilines is 1. The zero-order chi connectivity index (χ0) is 23.5. The molecule has 2 aromatic carbocycles. The van der Waals surface area contributed by atoms with Crippen LogP contribution in [0.5, 0.6) is 5.75 Å². The molecule has 2 heterocycles. The zero-order valence-corrected chi connectivity index (χ0v) is 19.7. The summed E-state index contributed by atoms with van der Waals surface area (Å²) < 4.78 is 5.65. The lowest BCUT2D eigenvalue weighted by Gasteiger charge is -2.27. The molecule has 1 aliphatic rings. The summed E-state index contributed by atoms with van der Waals surface area (Å²) in [6.07, 6.45) is 4.00. The van der Waals surface area contributed by atoms with Gasteiger partial charge in [0.15, 0.2) is 0 Å². The van der Waals surface area contributed by atoms with E-state index in [1.54, 1.807) is 19.2 Å². The van der Waals surface area contributed by atoms with Gasteiger partial charge < -0.3 is 15.4 Å². The van der Waals surface area contributed by atoms with Crippen LogP contribution in [-0.4, -0.2) is 48.5 Å². The van der Waals surface area contributed by atoms with Gasteiger partial charge in [-0.05, 0) is 55.6 Å². The number of nitrogens with zero attached hydrogens (tertiary/aromatic N) is 4. The maximum absolute atomic E-state index is 11.5. The monoisotopic (exact) mass is 445 g/mol. The topological polar surface area (TPSA) is 84.6 Å². The fraction of sp³-hybridized carbons (Fsp3) is 0.346. The summed E-state index contributed by atoms with van der Waals surface area (Å²) in [4.78, 5) is 25.5. The van der Waals surface area contributed by atoms with Crippen LogP contribution in [0.4, 0.5) is 5.95 Å². The summed E-state index contributed by atoms with van der Waals surface area (Å²) in [7, 11) is 5.62. The summed E-state index contributed by atoms with van der Waals surface area (Å²) in [5.41, 5.74) is 11.2. The second-order valence-electron chi connectivity index (χ2n) is 8.75. The van der Waals surface area contributed by atoms with Crippen LogP contribution in [-0.2, 0) is 6.54 Å². The van der Waals surface area contributed by atoms with Gasteiger partial charge in [0.2, 0.25) is 11.9 Å². The number of aryl methyl sites for hydroxylation is 1. The number of amides is 1. The molecule has 4 rings (SSSR count). The minimum Gasteiger partial charge on any atom is -0.496 e. The molecule has 33 heavy (non-hydrogen) atoms. The van der Waals surface area contributed by atoms with Crippen molar-refractivity contribution in [1.82, 2.24) is 14.9 Å². The number of primary amides is 1. The molecule has 7 nitrogen and oxygen atoms in total. The lowest BCUT2D eigenvalue weighted by molar-refractivity contribution is 0.100. The van der Waals surface area contributed by atoms with Gasteiger partial charge in [-0.25, -0.2) is 9.97 Å². The van der Waals surface area contributed by atoms with Crippen LogP contribution in [0.25, 0.3) is 11.1 Å². The Labute approximate surface area is 195 Å². The van der Waals surface area contributed by atoms with Gasteiger partial charge in [-0.15, -0.1) is 0 Å². The van der Waals surface area contributed by atoms with Gasteiger partial charge in [-0.1, -0.05) is 24.3 Å². The molecule has 1 aliphatic heterocycles. The summed E-state index contributed by atoms with van der Waals surface area (Å²) in [6, 6.07) is 13.9. The van der Waals surface area contributed by atoms with E-state index >= 15 is 0 Å². The normalized spacial score (nSPS) is 16.1. The third kappa shape index (κ3) is 4.83. The predicted octanol–water partition coefficient (Wildman–Crippen LogP) is 3.96. The Balaban J connectivity index is 1.72. The van der Waals surface area contributed by atoms with Crippen LogP contribution < -0.4 is 15.4 Å². The van der Waals surface area contributed by atoms with Gasteiger partial charge in [0.25, 0.3) is 0 Å². The van der Waals surface area contributed by atoms with Crippen molar-refractivity contribution >= 4 is 11.9 Å².